The van der Waals surface area contributed by atoms with Crippen molar-refractivity contribution in [1.82, 2.24) is 0 Å². The lowest BCUT2D eigenvalue weighted by molar-refractivity contribution is -0.122. The molecular weight excluding hydrogens is 349 g/mol. The minimum Gasteiger partial charge on any atom is -0.511 e. The van der Waals surface area contributed by atoms with Crippen LogP contribution in [0.4, 0.5) is 0 Å². The maximum absolute atomic E-state index is 12.9. The van der Waals surface area contributed by atoms with E-state index in [0.717, 1.165) is 12.2 Å². The third-order valence-corrected chi connectivity index (χ3v) is 4.23. The zero-order valence-corrected chi connectivity index (χ0v) is 14.2. The summed E-state index contributed by atoms with van der Waals surface area (Å²) < 4.78 is 14.4. The van der Waals surface area contributed by atoms with E-state index in [1.807, 2.05) is 0 Å². The van der Waals surface area contributed by atoms with Gasteiger partial charge in [-0.2, -0.15) is 4.76 Å². The van der Waals surface area contributed by atoms with E-state index in [-0.39, 0.29) is 5.75 Å². The summed E-state index contributed by atoms with van der Waals surface area (Å²) in [7, 11) is -4.88. The van der Waals surface area contributed by atoms with Crippen LogP contribution in [0.2, 0.25) is 0 Å². The van der Waals surface area contributed by atoms with Crippen molar-refractivity contribution < 1.29 is 34.5 Å². The Balaban J connectivity index is 2.48. The molecule has 1 aromatic carbocycles. The normalized spacial score (nSPS) is 20.8. The van der Waals surface area contributed by atoms with Crippen molar-refractivity contribution in [2.75, 3.05) is 0 Å². The molecule has 134 valence electrons. The molecule has 0 aromatic heterocycles. The second-order valence-corrected chi connectivity index (χ2v) is 6.79. The number of aliphatic hydroxyl groups excluding tert-OH is 2. The van der Waals surface area contributed by atoms with Crippen LogP contribution in [0.1, 0.15) is 24.8 Å². The van der Waals surface area contributed by atoms with Gasteiger partial charge in [0.25, 0.3) is 0 Å². The monoisotopic (exact) mass is 367 g/mol. The molecule has 0 aliphatic heterocycles. The topological polar surface area (TPSA) is 148 Å². The van der Waals surface area contributed by atoms with E-state index in [2.05, 4.69) is 4.76 Å². The average Bonchev–Trinajstić information content (AvgIpc) is 2.45. The SMILES string of the molecule is CCC(C(=O)C1C(O)=CC(O)=CC1=NP(=O)(O)O)c1cccc(O)c1. The third kappa shape index (κ3) is 4.57. The van der Waals surface area contributed by atoms with Gasteiger partial charge in [0.1, 0.15) is 23.2 Å². The molecular formula is C16H18NO7P. The van der Waals surface area contributed by atoms with Crippen LogP contribution in [0.3, 0.4) is 0 Å². The smallest absolute Gasteiger partial charge is 0.448 e. The van der Waals surface area contributed by atoms with Crippen molar-refractivity contribution in [3.63, 3.8) is 0 Å². The van der Waals surface area contributed by atoms with Crippen molar-refractivity contribution in [2.24, 2.45) is 10.7 Å². The number of phenolic OH excluding ortho intramolecular Hbond substituents is 1. The van der Waals surface area contributed by atoms with Crippen LogP contribution < -0.4 is 0 Å². The average molecular weight is 367 g/mol. The molecule has 0 spiro atoms. The molecule has 5 N–H and O–H groups in total. The Morgan fingerprint density at radius 2 is 1.92 bits per heavy atom. The highest BCUT2D eigenvalue weighted by atomic mass is 31.2. The molecule has 0 bridgehead atoms. The van der Waals surface area contributed by atoms with Gasteiger partial charge in [-0.1, -0.05) is 19.1 Å². The Labute approximate surface area is 143 Å². The van der Waals surface area contributed by atoms with Gasteiger partial charge in [-0.25, -0.2) is 4.57 Å². The van der Waals surface area contributed by atoms with Crippen molar-refractivity contribution >= 4 is 19.2 Å². The Hall–Kier alpha value is -2.41. The fourth-order valence-electron chi connectivity index (χ4n) is 2.74. The summed E-state index contributed by atoms with van der Waals surface area (Å²) >= 11 is 0. The maximum atomic E-state index is 12.9. The summed E-state index contributed by atoms with van der Waals surface area (Å²) in [6.45, 7) is 1.73. The fraction of sp³-hybridized carbons (Fsp3) is 0.250. The Morgan fingerprint density at radius 1 is 1.24 bits per heavy atom. The number of nitrogens with zero attached hydrogens (tertiary/aromatic N) is 1. The number of aliphatic hydroxyl groups is 2. The summed E-state index contributed by atoms with van der Waals surface area (Å²) in [6.07, 6.45) is 2.18. The standard InChI is InChI=1S/C16H18NO7P/c1-2-12(9-4-3-5-10(18)6-9)16(21)15-13(17-25(22,23)24)7-11(19)8-14(15)20/h3-8,12,15,18-20H,2H2,1H3,(H2,22,23,24). The highest BCUT2D eigenvalue weighted by Crippen LogP contribution is 2.40. The molecule has 2 unspecified atom stereocenters. The molecule has 25 heavy (non-hydrogen) atoms. The van der Waals surface area contributed by atoms with Crippen LogP contribution in [-0.2, 0) is 9.36 Å². The van der Waals surface area contributed by atoms with Crippen molar-refractivity contribution in [3.8, 4) is 5.75 Å². The largest absolute Gasteiger partial charge is 0.511 e. The van der Waals surface area contributed by atoms with Gasteiger partial charge < -0.3 is 25.1 Å². The first-order valence-electron chi connectivity index (χ1n) is 7.42. The molecule has 1 aliphatic carbocycles. The van der Waals surface area contributed by atoms with E-state index in [1.54, 1.807) is 19.1 Å². The summed E-state index contributed by atoms with van der Waals surface area (Å²) in [5, 5.41) is 29.2. The van der Waals surface area contributed by atoms with Gasteiger partial charge in [0.05, 0.1) is 5.71 Å². The van der Waals surface area contributed by atoms with Gasteiger partial charge in [0, 0.05) is 18.1 Å². The lowest BCUT2D eigenvalue weighted by Gasteiger charge is -2.24. The van der Waals surface area contributed by atoms with Crippen LogP contribution >= 0.6 is 7.75 Å². The first-order chi connectivity index (χ1) is 11.6. The molecule has 0 amide bonds. The number of allylic oxidation sites excluding steroid dienone is 3. The summed E-state index contributed by atoms with van der Waals surface area (Å²) in [4.78, 5) is 31.0. The van der Waals surface area contributed by atoms with Crippen LogP contribution in [0.25, 0.3) is 0 Å². The fourth-order valence-corrected chi connectivity index (χ4v) is 3.21. The second-order valence-electron chi connectivity index (χ2n) is 5.57. The minimum absolute atomic E-state index is 0.0335. The highest BCUT2D eigenvalue weighted by molar-refractivity contribution is 7.50. The van der Waals surface area contributed by atoms with Crippen LogP contribution in [0.5, 0.6) is 5.75 Å². The number of hydrogen-bond acceptors (Lipinski definition) is 5. The Morgan fingerprint density at radius 3 is 2.48 bits per heavy atom. The molecule has 8 nitrogen and oxygen atoms in total. The van der Waals surface area contributed by atoms with Gasteiger partial charge >= 0.3 is 7.75 Å². The van der Waals surface area contributed by atoms with E-state index in [1.165, 1.54) is 12.1 Å². The van der Waals surface area contributed by atoms with Gasteiger partial charge in [-0.15, -0.1) is 0 Å². The van der Waals surface area contributed by atoms with E-state index < -0.39 is 42.6 Å². The van der Waals surface area contributed by atoms with E-state index >= 15 is 0 Å². The van der Waals surface area contributed by atoms with Gasteiger partial charge in [-0.3, -0.25) is 4.79 Å². The molecule has 0 fully saturated rings. The van der Waals surface area contributed by atoms with Crippen molar-refractivity contribution in [3.05, 3.63) is 53.5 Å². The molecule has 0 heterocycles. The summed E-state index contributed by atoms with van der Waals surface area (Å²) in [5.41, 5.74) is 0.0732. The molecule has 2 atom stereocenters. The predicted octanol–water partition coefficient (Wildman–Crippen LogP) is 2.50. The number of Topliss-reactive ketones (excluding diaryl/α,β-unsaturated/α-hetero) is 1. The zero-order chi connectivity index (χ0) is 18.8. The number of carbonyl (C=O) groups is 1. The Bertz CT molecular complexity index is 822. The summed E-state index contributed by atoms with van der Waals surface area (Å²) in [6, 6.07) is 6.04. The van der Waals surface area contributed by atoms with Crippen LogP contribution in [0, 0.1) is 5.92 Å². The van der Waals surface area contributed by atoms with Crippen molar-refractivity contribution in [1.29, 1.82) is 0 Å². The molecule has 0 saturated heterocycles. The number of phenols is 1. The quantitative estimate of drug-likeness (QED) is 0.502. The molecule has 0 saturated carbocycles. The molecule has 9 heteroatoms. The first kappa shape index (κ1) is 18.9. The van der Waals surface area contributed by atoms with E-state index in [4.69, 9.17) is 9.79 Å². The van der Waals surface area contributed by atoms with E-state index in [0.29, 0.717) is 12.0 Å². The van der Waals surface area contributed by atoms with Gasteiger partial charge in [0.2, 0.25) is 0 Å². The maximum Gasteiger partial charge on any atom is 0.448 e. The highest BCUT2D eigenvalue weighted by Gasteiger charge is 2.36. The number of rotatable bonds is 5. The number of ketones is 1. The number of hydrogen-bond donors (Lipinski definition) is 5. The van der Waals surface area contributed by atoms with Crippen LogP contribution in [-0.4, -0.2) is 36.6 Å². The van der Waals surface area contributed by atoms with Gasteiger partial charge in [-0.05, 0) is 24.1 Å². The predicted molar refractivity (Wildman–Crippen MR) is 90.5 cm³/mol. The zero-order valence-electron chi connectivity index (χ0n) is 13.3. The number of carbonyl (C=O) groups excluding carboxylic acids is 1. The minimum atomic E-state index is -4.88. The van der Waals surface area contributed by atoms with E-state index in [9.17, 15) is 24.7 Å². The third-order valence-electron chi connectivity index (χ3n) is 3.74. The molecule has 1 aromatic rings. The van der Waals surface area contributed by atoms with Crippen molar-refractivity contribution in [2.45, 2.75) is 19.3 Å². The Kier molecular flexibility index (Phi) is 5.47. The number of benzene rings is 1. The number of aromatic hydroxyl groups is 1. The van der Waals surface area contributed by atoms with Gasteiger partial charge in [0.15, 0.2) is 5.78 Å². The second kappa shape index (κ2) is 7.23. The summed E-state index contributed by atoms with van der Waals surface area (Å²) in [5.74, 6) is -3.79. The first-order valence-corrected chi connectivity index (χ1v) is 8.98. The lowest BCUT2D eigenvalue weighted by Crippen LogP contribution is -2.31. The molecule has 1 aliphatic rings. The van der Waals surface area contributed by atoms with Crippen LogP contribution in [0.15, 0.2) is 52.7 Å². The molecule has 2 rings (SSSR count). The molecule has 0 radical (unpaired) electrons. The lowest BCUT2D eigenvalue weighted by atomic mass is 9.81.